The molecule has 1 unspecified atom stereocenters. The maximum Gasteiger partial charge on any atom is 0.113 e. The van der Waals surface area contributed by atoms with Gasteiger partial charge in [-0.05, 0) is 32.2 Å². The molecule has 1 aromatic heterocycles. The minimum Gasteiger partial charge on any atom is -0.309 e. The van der Waals surface area contributed by atoms with Crippen molar-refractivity contribution in [3.8, 4) is 0 Å². The largest absolute Gasteiger partial charge is 0.309 e. The van der Waals surface area contributed by atoms with Gasteiger partial charge in [0.05, 0.1) is 11.2 Å². The summed E-state index contributed by atoms with van der Waals surface area (Å²) in [7, 11) is 2.03. The third-order valence-corrected chi connectivity index (χ3v) is 4.08. The summed E-state index contributed by atoms with van der Waals surface area (Å²) in [5, 5.41) is 6.83. The first-order valence-corrected chi connectivity index (χ1v) is 6.92. The topological polar surface area (TPSA) is 24.9 Å². The van der Waals surface area contributed by atoms with Gasteiger partial charge in [0, 0.05) is 5.38 Å². The van der Waals surface area contributed by atoms with Crippen LogP contribution in [0.2, 0.25) is 0 Å². The lowest BCUT2D eigenvalue weighted by molar-refractivity contribution is 0.317. The summed E-state index contributed by atoms with van der Waals surface area (Å²) < 4.78 is 0. The van der Waals surface area contributed by atoms with Crippen molar-refractivity contribution in [3.05, 3.63) is 16.1 Å². The number of nitrogens with one attached hydrogen (secondary N) is 1. The van der Waals surface area contributed by atoms with Gasteiger partial charge < -0.3 is 5.32 Å². The van der Waals surface area contributed by atoms with Crippen LogP contribution in [-0.2, 0) is 5.54 Å². The molecule has 16 heavy (non-hydrogen) atoms. The Morgan fingerprint density at radius 2 is 2.00 bits per heavy atom. The van der Waals surface area contributed by atoms with Gasteiger partial charge in [-0.1, -0.05) is 27.7 Å². The average Bonchev–Trinajstić information content (AvgIpc) is 2.65. The first-order valence-electron chi connectivity index (χ1n) is 6.04. The normalized spacial score (nSPS) is 15.8. The molecule has 3 heteroatoms. The summed E-state index contributed by atoms with van der Waals surface area (Å²) >= 11 is 1.78. The van der Waals surface area contributed by atoms with Crippen molar-refractivity contribution in [2.75, 3.05) is 7.05 Å². The molecule has 1 rings (SSSR count). The van der Waals surface area contributed by atoms with Gasteiger partial charge >= 0.3 is 0 Å². The van der Waals surface area contributed by atoms with Crippen molar-refractivity contribution >= 4 is 11.3 Å². The molecule has 1 heterocycles. The number of rotatable bonds is 5. The highest BCUT2D eigenvalue weighted by atomic mass is 32.1. The van der Waals surface area contributed by atoms with Crippen molar-refractivity contribution in [2.45, 2.75) is 52.5 Å². The van der Waals surface area contributed by atoms with E-state index in [0.717, 1.165) is 6.42 Å². The number of hydrogen-bond acceptors (Lipinski definition) is 3. The van der Waals surface area contributed by atoms with E-state index in [9.17, 15) is 0 Å². The fourth-order valence-corrected chi connectivity index (χ4v) is 3.08. The van der Waals surface area contributed by atoms with Gasteiger partial charge in [0.2, 0.25) is 0 Å². The van der Waals surface area contributed by atoms with Crippen molar-refractivity contribution in [3.63, 3.8) is 0 Å². The Hall–Kier alpha value is -0.410. The Kier molecular flexibility index (Phi) is 4.51. The van der Waals surface area contributed by atoms with Crippen molar-refractivity contribution in [1.82, 2.24) is 10.3 Å². The molecule has 0 aliphatic rings. The van der Waals surface area contributed by atoms with Crippen LogP contribution in [0.1, 0.15) is 57.7 Å². The van der Waals surface area contributed by atoms with E-state index < -0.39 is 0 Å². The van der Waals surface area contributed by atoms with E-state index in [0.29, 0.717) is 11.8 Å². The van der Waals surface area contributed by atoms with Crippen molar-refractivity contribution in [2.24, 2.45) is 5.92 Å². The van der Waals surface area contributed by atoms with Crippen LogP contribution in [0.5, 0.6) is 0 Å². The molecule has 0 fully saturated rings. The highest BCUT2D eigenvalue weighted by Crippen LogP contribution is 2.31. The average molecular weight is 240 g/mol. The minimum atomic E-state index is 0.0198. The molecule has 0 aromatic carbocycles. The first-order chi connectivity index (χ1) is 7.39. The van der Waals surface area contributed by atoms with E-state index in [1.54, 1.807) is 11.3 Å². The lowest BCUT2D eigenvalue weighted by Gasteiger charge is -2.28. The predicted molar refractivity (Wildman–Crippen MR) is 72.1 cm³/mol. The van der Waals surface area contributed by atoms with Gasteiger partial charge in [-0.2, -0.15) is 0 Å². The standard InChI is InChI=1S/C13H24N2S/c1-9(2)7-13(5,14-6)12-15-11(8-16-12)10(3)4/h8-10,14H,7H2,1-6H3. The van der Waals surface area contributed by atoms with Crippen molar-refractivity contribution < 1.29 is 0 Å². The molecule has 0 saturated carbocycles. The summed E-state index contributed by atoms with van der Waals surface area (Å²) in [5.41, 5.74) is 1.23. The molecule has 1 atom stereocenters. The summed E-state index contributed by atoms with van der Waals surface area (Å²) in [5.74, 6) is 1.19. The third kappa shape index (κ3) is 3.05. The fourth-order valence-electron chi connectivity index (χ4n) is 1.92. The highest BCUT2D eigenvalue weighted by molar-refractivity contribution is 7.09. The van der Waals surface area contributed by atoms with E-state index in [1.807, 2.05) is 7.05 Å². The second-order valence-electron chi connectivity index (χ2n) is 5.41. The van der Waals surface area contributed by atoms with Crippen molar-refractivity contribution in [1.29, 1.82) is 0 Å². The monoisotopic (exact) mass is 240 g/mol. The maximum atomic E-state index is 4.76. The molecule has 0 aliphatic heterocycles. The molecule has 0 saturated heterocycles. The minimum absolute atomic E-state index is 0.0198. The summed E-state index contributed by atoms with van der Waals surface area (Å²) in [6.45, 7) is 11.1. The Morgan fingerprint density at radius 3 is 2.38 bits per heavy atom. The summed E-state index contributed by atoms with van der Waals surface area (Å²) in [6, 6.07) is 0. The quantitative estimate of drug-likeness (QED) is 0.848. The Bertz CT molecular complexity index is 330. The smallest absolute Gasteiger partial charge is 0.113 e. The molecule has 2 nitrogen and oxygen atoms in total. The summed E-state index contributed by atoms with van der Waals surface area (Å²) in [6.07, 6.45) is 1.12. The van der Waals surface area contributed by atoms with Crippen LogP contribution in [0.25, 0.3) is 0 Å². The van der Waals surface area contributed by atoms with E-state index in [-0.39, 0.29) is 5.54 Å². The van der Waals surface area contributed by atoms with Crippen LogP contribution in [0.3, 0.4) is 0 Å². The summed E-state index contributed by atoms with van der Waals surface area (Å²) in [4.78, 5) is 4.76. The first kappa shape index (κ1) is 13.7. The Balaban J connectivity index is 2.94. The van der Waals surface area contributed by atoms with Crippen LogP contribution in [0, 0.1) is 5.92 Å². The molecule has 0 radical (unpaired) electrons. The van der Waals surface area contributed by atoms with Gasteiger partial charge in [0.25, 0.3) is 0 Å². The van der Waals surface area contributed by atoms with Gasteiger partial charge in [0.1, 0.15) is 5.01 Å². The molecule has 0 amide bonds. The zero-order valence-corrected chi connectivity index (χ0v) is 12.1. The Labute approximate surface area is 103 Å². The van der Waals surface area contributed by atoms with Gasteiger partial charge in [-0.3, -0.25) is 0 Å². The molecular weight excluding hydrogens is 216 g/mol. The molecule has 1 aromatic rings. The van der Waals surface area contributed by atoms with E-state index in [4.69, 9.17) is 4.98 Å². The van der Waals surface area contributed by atoms with Gasteiger partial charge in [-0.15, -0.1) is 11.3 Å². The second-order valence-corrected chi connectivity index (χ2v) is 6.27. The van der Waals surface area contributed by atoms with E-state index in [1.165, 1.54) is 10.7 Å². The lowest BCUT2D eigenvalue weighted by atomic mass is 9.91. The number of thiazole rings is 1. The molecule has 1 N–H and O–H groups in total. The lowest BCUT2D eigenvalue weighted by Crippen LogP contribution is -2.38. The second kappa shape index (κ2) is 5.28. The van der Waals surface area contributed by atoms with Crippen LogP contribution in [-0.4, -0.2) is 12.0 Å². The molecule has 0 bridgehead atoms. The predicted octanol–water partition coefficient (Wildman–Crippen LogP) is 3.75. The highest BCUT2D eigenvalue weighted by Gasteiger charge is 2.29. The molecule has 0 spiro atoms. The molecule has 0 aliphatic carbocycles. The van der Waals surface area contributed by atoms with Crippen LogP contribution in [0.4, 0.5) is 0 Å². The number of aromatic nitrogens is 1. The zero-order chi connectivity index (χ0) is 12.3. The Morgan fingerprint density at radius 1 is 1.38 bits per heavy atom. The number of nitrogens with zero attached hydrogens (tertiary/aromatic N) is 1. The van der Waals surface area contributed by atoms with Gasteiger partial charge in [0.15, 0.2) is 0 Å². The SMILES string of the molecule is CNC(C)(CC(C)C)c1nc(C(C)C)cs1. The van der Waals surface area contributed by atoms with Gasteiger partial charge in [-0.25, -0.2) is 4.98 Å². The van der Waals surface area contributed by atoms with Crippen LogP contribution >= 0.6 is 11.3 Å². The van der Waals surface area contributed by atoms with E-state index >= 15 is 0 Å². The van der Waals surface area contributed by atoms with E-state index in [2.05, 4.69) is 45.3 Å². The molecular formula is C13H24N2S. The molecule has 92 valence electrons. The van der Waals surface area contributed by atoms with Crippen LogP contribution in [0.15, 0.2) is 5.38 Å². The zero-order valence-electron chi connectivity index (χ0n) is 11.3. The van der Waals surface area contributed by atoms with Crippen LogP contribution < -0.4 is 5.32 Å². The number of hydrogen-bond donors (Lipinski definition) is 1. The maximum absolute atomic E-state index is 4.76. The fraction of sp³-hybridized carbons (Fsp3) is 0.769. The third-order valence-electron chi connectivity index (χ3n) is 2.95.